The molecule has 0 radical (unpaired) electrons. The first-order valence-electron chi connectivity index (χ1n) is 7.22. The van der Waals surface area contributed by atoms with Gasteiger partial charge < -0.3 is 15.7 Å². The normalized spacial score (nSPS) is 14.3. The molecule has 0 aliphatic carbocycles. The molecule has 1 aromatic carbocycles. The van der Waals surface area contributed by atoms with Gasteiger partial charge in [0.15, 0.2) is 0 Å². The van der Waals surface area contributed by atoms with E-state index in [0.29, 0.717) is 5.56 Å². The van der Waals surface area contributed by atoms with Gasteiger partial charge in [-0.15, -0.1) is 0 Å². The molecule has 5 nitrogen and oxygen atoms in total. The second-order valence-electron chi connectivity index (χ2n) is 5.57. The summed E-state index contributed by atoms with van der Waals surface area (Å²) < 4.78 is 0. The molecule has 2 amide bonds. The molecule has 2 unspecified atom stereocenters. The molecular formula is C17H19N3O2S. The second-order valence-corrected chi connectivity index (χ2v) is 6.35. The molecule has 23 heavy (non-hydrogen) atoms. The summed E-state index contributed by atoms with van der Waals surface area (Å²) in [6, 6.07) is 10.4. The number of nitrogens with one attached hydrogen (secondary N) is 2. The number of hydrogen-bond donors (Lipinski definition) is 3. The molecule has 2 aromatic rings. The van der Waals surface area contributed by atoms with Crippen LogP contribution in [-0.4, -0.2) is 17.7 Å². The Balaban J connectivity index is 1.88. The number of nitrogens with zero attached hydrogens (tertiary/aromatic N) is 1. The lowest BCUT2D eigenvalue weighted by molar-refractivity contribution is 0.0597. The van der Waals surface area contributed by atoms with Crippen molar-refractivity contribution in [2.45, 2.75) is 25.5 Å². The van der Waals surface area contributed by atoms with Gasteiger partial charge in [0, 0.05) is 0 Å². The Labute approximate surface area is 139 Å². The van der Waals surface area contributed by atoms with Crippen LogP contribution in [0.1, 0.15) is 36.6 Å². The summed E-state index contributed by atoms with van der Waals surface area (Å²) in [6.07, 6.45) is 0. The zero-order valence-electron chi connectivity index (χ0n) is 13.0. The lowest BCUT2D eigenvalue weighted by atomic mass is 9.99. The summed E-state index contributed by atoms with van der Waals surface area (Å²) in [5.74, 6) is 0. The Morgan fingerprint density at radius 3 is 2.65 bits per heavy atom. The van der Waals surface area contributed by atoms with Gasteiger partial charge in [-0.05, 0) is 53.9 Å². The standard InChI is InChI=1S/C17H19N3O2S/c1-12(14-5-3-13(9-18)4-6-14)20-16(21)19-11-17(2,22)15-7-8-23-10-15/h3-8,10,12,22H,11H2,1-2H3,(H2,19,20,21). The van der Waals surface area contributed by atoms with Crippen LogP contribution in [0.4, 0.5) is 4.79 Å². The van der Waals surface area contributed by atoms with Crippen molar-refractivity contribution < 1.29 is 9.90 Å². The predicted molar refractivity (Wildman–Crippen MR) is 90.0 cm³/mol. The molecule has 0 bridgehead atoms. The van der Waals surface area contributed by atoms with Gasteiger partial charge in [-0.2, -0.15) is 16.6 Å². The van der Waals surface area contributed by atoms with E-state index in [9.17, 15) is 9.90 Å². The van der Waals surface area contributed by atoms with E-state index in [-0.39, 0.29) is 18.6 Å². The number of aliphatic hydroxyl groups is 1. The maximum Gasteiger partial charge on any atom is 0.315 e. The number of thiophene rings is 1. The minimum absolute atomic E-state index is 0.121. The Bertz CT molecular complexity index is 688. The monoisotopic (exact) mass is 329 g/mol. The number of rotatable bonds is 5. The first-order valence-corrected chi connectivity index (χ1v) is 8.16. The fraction of sp³-hybridized carbons (Fsp3) is 0.294. The highest BCUT2D eigenvalue weighted by Gasteiger charge is 2.24. The van der Waals surface area contributed by atoms with Gasteiger partial charge in [0.1, 0.15) is 5.60 Å². The van der Waals surface area contributed by atoms with E-state index in [0.717, 1.165) is 11.1 Å². The maximum absolute atomic E-state index is 12.0. The molecule has 1 aromatic heterocycles. The van der Waals surface area contributed by atoms with Crippen LogP contribution in [0, 0.1) is 11.3 Å². The first-order chi connectivity index (χ1) is 10.9. The van der Waals surface area contributed by atoms with Crippen LogP contribution in [0.15, 0.2) is 41.1 Å². The number of urea groups is 1. The topological polar surface area (TPSA) is 85.2 Å². The van der Waals surface area contributed by atoms with E-state index in [2.05, 4.69) is 16.7 Å². The SMILES string of the molecule is CC(NC(=O)NCC(C)(O)c1ccsc1)c1ccc(C#N)cc1. The highest BCUT2D eigenvalue weighted by atomic mass is 32.1. The Kier molecular flexibility index (Phi) is 5.37. The van der Waals surface area contributed by atoms with Crippen molar-refractivity contribution in [2.24, 2.45) is 0 Å². The Hall–Kier alpha value is -2.36. The molecule has 0 spiro atoms. The van der Waals surface area contributed by atoms with Gasteiger partial charge in [-0.1, -0.05) is 12.1 Å². The van der Waals surface area contributed by atoms with E-state index >= 15 is 0 Å². The molecule has 6 heteroatoms. The zero-order valence-corrected chi connectivity index (χ0v) is 13.9. The van der Waals surface area contributed by atoms with Crippen molar-refractivity contribution in [1.29, 1.82) is 5.26 Å². The molecule has 2 atom stereocenters. The minimum Gasteiger partial charge on any atom is -0.384 e. The summed E-state index contributed by atoms with van der Waals surface area (Å²) >= 11 is 1.50. The molecule has 0 aliphatic rings. The van der Waals surface area contributed by atoms with Gasteiger partial charge in [0.25, 0.3) is 0 Å². The molecule has 120 valence electrons. The third kappa shape index (κ3) is 4.55. The number of nitriles is 1. The molecule has 0 aliphatic heterocycles. The fourth-order valence-electron chi connectivity index (χ4n) is 2.10. The minimum atomic E-state index is -1.10. The van der Waals surface area contributed by atoms with Crippen molar-refractivity contribution in [3.05, 3.63) is 57.8 Å². The average molecular weight is 329 g/mol. The van der Waals surface area contributed by atoms with Crippen LogP contribution >= 0.6 is 11.3 Å². The highest BCUT2D eigenvalue weighted by molar-refractivity contribution is 7.08. The van der Waals surface area contributed by atoms with Gasteiger partial charge in [-0.25, -0.2) is 4.79 Å². The summed E-state index contributed by atoms with van der Waals surface area (Å²) in [5.41, 5.74) is 1.17. The summed E-state index contributed by atoms with van der Waals surface area (Å²) in [7, 11) is 0. The van der Waals surface area contributed by atoms with Crippen LogP contribution in [0.25, 0.3) is 0 Å². The van der Waals surface area contributed by atoms with Crippen molar-refractivity contribution in [1.82, 2.24) is 10.6 Å². The smallest absolute Gasteiger partial charge is 0.315 e. The van der Waals surface area contributed by atoms with Crippen LogP contribution in [-0.2, 0) is 5.60 Å². The third-order valence-electron chi connectivity index (χ3n) is 3.62. The predicted octanol–water partition coefficient (Wildman–Crippen LogP) is 2.89. The lowest BCUT2D eigenvalue weighted by Gasteiger charge is -2.23. The largest absolute Gasteiger partial charge is 0.384 e. The van der Waals surface area contributed by atoms with E-state index in [1.165, 1.54) is 11.3 Å². The molecule has 3 N–H and O–H groups in total. The van der Waals surface area contributed by atoms with Gasteiger partial charge >= 0.3 is 6.03 Å². The van der Waals surface area contributed by atoms with E-state index in [1.54, 1.807) is 19.1 Å². The zero-order chi connectivity index (χ0) is 16.9. The Morgan fingerprint density at radius 2 is 2.09 bits per heavy atom. The van der Waals surface area contributed by atoms with E-state index in [1.807, 2.05) is 35.9 Å². The van der Waals surface area contributed by atoms with Crippen molar-refractivity contribution in [2.75, 3.05) is 6.54 Å². The molecule has 1 heterocycles. The van der Waals surface area contributed by atoms with Crippen LogP contribution in [0.5, 0.6) is 0 Å². The first kappa shape index (κ1) is 17.0. The maximum atomic E-state index is 12.0. The number of hydrogen-bond acceptors (Lipinski definition) is 4. The number of amides is 2. The second kappa shape index (κ2) is 7.27. The molecule has 0 saturated carbocycles. The molecule has 0 saturated heterocycles. The summed E-state index contributed by atoms with van der Waals surface area (Å²) in [5, 5.41) is 28.4. The van der Waals surface area contributed by atoms with Crippen molar-refractivity contribution in [3.8, 4) is 6.07 Å². The van der Waals surface area contributed by atoms with Gasteiger partial charge in [-0.3, -0.25) is 0 Å². The fourth-order valence-corrected chi connectivity index (χ4v) is 2.89. The average Bonchev–Trinajstić information content (AvgIpc) is 3.08. The van der Waals surface area contributed by atoms with E-state index in [4.69, 9.17) is 5.26 Å². The van der Waals surface area contributed by atoms with Gasteiger partial charge in [0.2, 0.25) is 0 Å². The number of carbonyl (C=O) groups is 1. The lowest BCUT2D eigenvalue weighted by Crippen LogP contribution is -2.44. The van der Waals surface area contributed by atoms with Crippen molar-refractivity contribution >= 4 is 17.4 Å². The number of carbonyl (C=O) groups excluding carboxylic acids is 1. The summed E-state index contributed by atoms with van der Waals surface area (Å²) in [6.45, 7) is 3.65. The third-order valence-corrected chi connectivity index (χ3v) is 4.31. The summed E-state index contributed by atoms with van der Waals surface area (Å²) in [4.78, 5) is 12.0. The van der Waals surface area contributed by atoms with Crippen LogP contribution in [0.3, 0.4) is 0 Å². The van der Waals surface area contributed by atoms with E-state index < -0.39 is 5.60 Å². The Morgan fingerprint density at radius 1 is 1.39 bits per heavy atom. The van der Waals surface area contributed by atoms with Gasteiger partial charge in [0.05, 0.1) is 24.2 Å². The highest BCUT2D eigenvalue weighted by Crippen LogP contribution is 2.22. The molecular weight excluding hydrogens is 310 g/mol. The van der Waals surface area contributed by atoms with Crippen molar-refractivity contribution in [3.63, 3.8) is 0 Å². The number of benzene rings is 1. The van der Waals surface area contributed by atoms with Crippen LogP contribution < -0.4 is 10.6 Å². The molecule has 0 fully saturated rings. The van der Waals surface area contributed by atoms with Crippen LogP contribution in [0.2, 0.25) is 0 Å². The molecule has 2 rings (SSSR count). The quantitative estimate of drug-likeness (QED) is 0.788.